The van der Waals surface area contributed by atoms with Crippen molar-refractivity contribution in [3.63, 3.8) is 0 Å². The number of phosphoric ester groups is 2. The maximum atomic E-state index is 13.1. The summed E-state index contributed by atoms with van der Waals surface area (Å²) in [6, 6.07) is 0. The van der Waals surface area contributed by atoms with Gasteiger partial charge in [0.25, 0.3) is 0 Å². The minimum Gasteiger partial charge on any atom is -0.463 e. The Morgan fingerprint density at radius 1 is 0.244 bits per heavy atom. The molecule has 16 nitrogen and oxygen atoms in total. The number of ether oxygens (including phenoxy) is 3. The van der Waals surface area contributed by atoms with Gasteiger partial charge in [0.1, 0.15) is 25.4 Å². The quantitative estimate of drug-likeness (QED) is 0.0146. The number of hydrogen-bond acceptors (Lipinski definition) is 14. The highest BCUT2D eigenvalue weighted by atomic mass is 31.2. The molecule has 678 valence electrons. The van der Waals surface area contributed by atoms with Gasteiger partial charge in [-0.2, -0.15) is 0 Å². The highest BCUT2D eigenvalue weighted by Crippen LogP contribution is 2.45. The molecule has 0 aromatic carbocycles. The molecule has 0 spiro atoms. The lowest BCUT2D eigenvalue weighted by atomic mass is 10.0. The summed E-state index contributed by atoms with van der Waals surface area (Å²) >= 11 is 0. The number of esters is 3. The summed E-state index contributed by atoms with van der Waals surface area (Å²) in [6.45, 7) is 2.42. The van der Waals surface area contributed by atoms with Crippen LogP contribution in [0.3, 0.4) is 0 Å². The Kier molecular flexibility index (Phi) is 87.3. The van der Waals surface area contributed by atoms with Crippen LogP contribution in [0.1, 0.15) is 367 Å². The Morgan fingerprint density at radius 3 is 0.706 bits per heavy atom. The Bertz CT molecular complexity index is 2940. The van der Waals surface area contributed by atoms with E-state index in [4.69, 9.17) is 32.3 Å². The molecule has 0 radical (unpaired) electrons. The van der Waals surface area contributed by atoms with Gasteiger partial charge >= 0.3 is 33.6 Å². The van der Waals surface area contributed by atoms with Gasteiger partial charge in [0.15, 0.2) is 6.10 Å². The summed E-state index contributed by atoms with van der Waals surface area (Å²) in [5.41, 5.74) is 0. The fourth-order valence-corrected chi connectivity index (χ4v) is 13.9. The Morgan fingerprint density at radius 2 is 0.445 bits per heavy atom. The van der Waals surface area contributed by atoms with Crippen molar-refractivity contribution >= 4 is 33.6 Å². The standard InChI is InChI=1S/C101H168O16P2/c1-4-7-10-13-16-19-22-25-28-31-34-37-40-42-44-46-47-49-51-52-55-57-60-63-66-69-72-75-78-81-84-87-99(104)111-90-96(102)91-113-118(107,108)114-92-97(103)93-115-119(109,110)116-95-98(117-101(106)89-86-83-80-77-74-71-68-65-62-59-54-39-36-33-30-27-24-21-18-15-12-9-6-3)94-112-100(105)88-85-82-79-76-73-70-67-64-61-58-56-53-50-48-45-43-41-38-35-32-29-26-23-20-17-14-11-8-5-2/h8-9,11-12,16-21,25-30,34-39,42-45,50,53,59,62,68,71,96-98,102-103H,4-7,10,13-15,22-24,31-33,40-41,46-49,51-52,54-58,60-61,63-67,69-70,72-95H2,1-3H3,(H,107,108)(H,109,110)/b11-8-,12-9-,19-16-,20-17-,21-18-,28-25-,29-26-,30-27-,37-34-,38-35-,39-36-,44-42-,45-43-,53-50-,62-59-,71-68-. The monoisotopic (exact) mass is 1700 g/mol. The summed E-state index contributed by atoms with van der Waals surface area (Å²) in [5, 5.41) is 20.7. The average Bonchev–Trinajstić information content (AvgIpc) is 0.903. The first kappa shape index (κ1) is 113. The van der Waals surface area contributed by atoms with Crippen molar-refractivity contribution < 1.29 is 75.8 Å². The van der Waals surface area contributed by atoms with Crippen LogP contribution < -0.4 is 0 Å². The van der Waals surface area contributed by atoms with Gasteiger partial charge in [-0.25, -0.2) is 9.13 Å². The third kappa shape index (κ3) is 92.9. The molecular formula is C101H168O16P2. The maximum Gasteiger partial charge on any atom is 0.472 e. The van der Waals surface area contributed by atoms with Gasteiger partial charge in [-0.3, -0.25) is 32.5 Å². The van der Waals surface area contributed by atoms with Gasteiger partial charge < -0.3 is 34.2 Å². The fourth-order valence-electron chi connectivity index (χ4n) is 12.3. The molecule has 5 atom stereocenters. The van der Waals surface area contributed by atoms with E-state index in [2.05, 4.69) is 215 Å². The SMILES string of the molecule is CC/C=C\C/C=C\C/C=C\C/C=C\C/C=C\C/C=C\CCCCCCCCCCCCC(=O)OCC(COP(=O)(O)OCC(O)COP(=O)(O)OCC(O)COC(=O)CCCCCCCCCCCCCCCCC/C=C\C/C=C\C/C=C\C/C=C\CCCCC)OC(=O)CCCCCC/C=C\C/C=C\C/C=C\C/C=C\C/C=C\C/C=C\CC. The minimum atomic E-state index is -4.96. The molecule has 0 saturated carbocycles. The molecule has 4 N–H and O–H groups in total. The highest BCUT2D eigenvalue weighted by Gasteiger charge is 2.29. The number of aliphatic hydroxyl groups is 2. The van der Waals surface area contributed by atoms with E-state index in [9.17, 15) is 43.5 Å². The molecule has 0 amide bonds. The molecule has 0 aliphatic carbocycles. The molecule has 0 aliphatic heterocycles. The lowest BCUT2D eigenvalue weighted by molar-refractivity contribution is -0.161. The van der Waals surface area contributed by atoms with E-state index in [0.717, 1.165) is 173 Å². The van der Waals surface area contributed by atoms with Crippen LogP contribution >= 0.6 is 15.6 Å². The second kappa shape index (κ2) is 91.6. The number of hydrogen-bond donors (Lipinski definition) is 4. The van der Waals surface area contributed by atoms with E-state index < -0.39 is 91.5 Å². The second-order valence-electron chi connectivity index (χ2n) is 30.7. The van der Waals surface area contributed by atoms with Crippen molar-refractivity contribution in [2.24, 2.45) is 0 Å². The van der Waals surface area contributed by atoms with E-state index in [-0.39, 0.29) is 19.3 Å². The molecule has 0 bridgehead atoms. The van der Waals surface area contributed by atoms with Gasteiger partial charge in [0.05, 0.1) is 26.4 Å². The van der Waals surface area contributed by atoms with E-state index in [1.165, 1.54) is 135 Å². The Labute approximate surface area is 725 Å². The van der Waals surface area contributed by atoms with Crippen LogP contribution in [0.5, 0.6) is 0 Å². The number of phosphoric acid groups is 2. The van der Waals surface area contributed by atoms with Crippen molar-refractivity contribution in [2.75, 3.05) is 39.6 Å². The topological polar surface area (TPSA) is 231 Å². The maximum absolute atomic E-state index is 13.1. The van der Waals surface area contributed by atoms with Crippen LogP contribution in [0.15, 0.2) is 194 Å². The number of unbranched alkanes of at least 4 members (excludes halogenated alkanes) is 32. The number of aliphatic hydroxyl groups excluding tert-OH is 2. The fraction of sp³-hybridized carbons (Fsp3) is 0.653. The minimum absolute atomic E-state index is 0.0667. The summed E-state index contributed by atoms with van der Waals surface area (Å²) in [6.07, 6.45) is 122. The zero-order chi connectivity index (χ0) is 86.5. The molecule has 0 aliphatic rings. The van der Waals surface area contributed by atoms with Crippen LogP contribution in [0.25, 0.3) is 0 Å². The van der Waals surface area contributed by atoms with Gasteiger partial charge in [0.2, 0.25) is 0 Å². The third-order valence-electron chi connectivity index (χ3n) is 19.3. The molecular weight excluding hydrogens is 1530 g/mol. The second-order valence-corrected chi connectivity index (χ2v) is 33.6. The molecule has 0 rings (SSSR count). The normalized spacial score (nSPS) is 14.6. The molecule has 0 aromatic heterocycles. The molecule has 119 heavy (non-hydrogen) atoms. The molecule has 18 heteroatoms. The molecule has 0 aromatic rings. The van der Waals surface area contributed by atoms with Gasteiger partial charge in [0, 0.05) is 19.3 Å². The van der Waals surface area contributed by atoms with E-state index in [0.29, 0.717) is 19.3 Å². The molecule has 5 unspecified atom stereocenters. The van der Waals surface area contributed by atoms with Crippen molar-refractivity contribution in [2.45, 2.75) is 386 Å². The Hall–Kier alpha value is -5.61. The van der Waals surface area contributed by atoms with Crippen LogP contribution in [0, 0.1) is 0 Å². The van der Waals surface area contributed by atoms with Crippen molar-refractivity contribution in [1.82, 2.24) is 0 Å². The number of carbonyl (C=O) groups is 3. The van der Waals surface area contributed by atoms with Gasteiger partial charge in [-0.1, -0.05) is 376 Å². The third-order valence-corrected chi connectivity index (χ3v) is 21.2. The average molecular weight is 1700 g/mol. The summed E-state index contributed by atoms with van der Waals surface area (Å²) in [4.78, 5) is 59.0. The van der Waals surface area contributed by atoms with Gasteiger partial charge in [-0.15, -0.1) is 0 Å². The first-order valence-electron chi connectivity index (χ1n) is 46.7. The first-order valence-corrected chi connectivity index (χ1v) is 49.7. The van der Waals surface area contributed by atoms with Crippen molar-refractivity contribution in [3.8, 4) is 0 Å². The summed E-state index contributed by atoms with van der Waals surface area (Å²) in [7, 11) is -9.83. The molecule has 0 heterocycles. The predicted molar refractivity (Wildman–Crippen MR) is 500 cm³/mol. The van der Waals surface area contributed by atoms with E-state index in [1.54, 1.807) is 0 Å². The van der Waals surface area contributed by atoms with Gasteiger partial charge in [-0.05, 0) is 167 Å². The van der Waals surface area contributed by atoms with E-state index >= 15 is 0 Å². The zero-order valence-corrected chi connectivity index (χ0v) is 76.5. The number of allylic oxidation sites excluding steroid dienone is 32. The first-order chi connectivity index (χ1) is 58.2. The zero-order valence-electron chi connectivity index (χ0n) is 74.7. The highest BCUT2D eigenvalue weighted by molar-refractivity contribution is 7.47. The van der Waals surface area contributed by atoms with Crippen molar-refractivity contribution in [3.05, 3.63) is 194 Å². The van der Waals surface area contributed by atoms with Crippen LogP contribution in [-0.2, 0) is 55.8 Å². The Balaban J connectivity index is 4.66. The number of rotatable bonds is 87. The molecule has 0 fully saturated rings. The van der Waals surface area contributed by atoms with E-state index in [1.807, 2.05) is 0 Å². The largest absolute Gasteiger partial charge is 0.472 e. The lowest BCUT2D eigenvalue weighted by Crippen LogP contribution is -2.30. The van der Waals surface area contributed by atoms with Crippen molar-refractivity contribution in [1.29, 1.82) is 0 Å². The summed E-state index contributed by atoms with van der Waals surface area (Å²) in [5.74, 6) is -1.61. The lowest BCUT2D eigenvalue weighted by Gasteiger charge is -2.21. The van der Waals surface area contributed by atoms with Crippen LogP contribution in [0.4, 0.5) is 0 Å². The predicted octanol–water partition coefficient (Wildman–Crippen LogP) is 29.0. The summed E-state index contributed by atoms with van der Waals surface area (Å²) < 4.78 is 61.5. The van der Waals surface area contributed by atoms with Crippen LogP contribution in [0.2, 0.25) is 0 Å². The number of carbonyl (C=O) groups excluding carboxylic acids is 3. The smallest absolute Gasteiger partial charge is 0.463 e. The van der Waals surface area contributed by atoms with Crippen LogP contribution in [-0.4, -0.2) is 95.9 Å². The molecule has 0 saturated heterocycles.